The van der Waals surface area contributed by atoms with Gasteiger partial charge in [-0.1, -0.05) is 6.07 Å². The zero-order valence-corrected chi connectivity index (χ0v) is 16.1. The number of benzene rings is 1. The van der Waals surface area contributed by atoms with Crippen LogP contribution in [0.1, 0.15) is 36.0 Å². The number of morpholine rings is 1. The van der Waals surface area contributed by atoms with Crippen LogP contribution in [0.5, 0.6) is 0 Å². The smallest absolute Gasteiger partial charge is 0.349 e. The Morgan fingerprint density at radius 3 is 2.58 bits per heavy atom. The maximum Gasteiger partial charge on any atom is 0.349 e. The van der Waals surface area contributed by atoms with Gasteiger partial charge in [-0.15, -0.1) is 11.3 Å². The fourth-order valence-electron chi connectivity index (χ4n) is 3.33. The molecule has 1 saturated heterocycles. The van der Waals surface area contributed by atoms with Crippen LogP contribution in [0.3, 0.4) is 0 Å². The summed E-state index contributed by atoms with van der Waals surface area (Å²) in [7, 11) is 0. The van der Waals surface area contributed by atoms with Crippen molar-refractivity contribution in [3.63, 3.8) is 0 Å². The number of halogens is 1. The summed E-state index contributed by atoms with van der Waals surface area (Å²) in [6, 6.07) is 4.73. The highest BCUT2D eigenvalue weighted by Crippen LogP contribution is 2.33. The first-order valence-electron chi connectivity index (χ1n) is 8.60. The van der Waals surface area contributed by atoms with E-state index in [2.05, 4.69) is 0 Å². The second kappa shape index (κ2) is 7.32. The molecule has 2 heterocycles. The van der Waals surface area contributed by atoms with Crippen molar-refractivity contribution in [1.29, 1.82) is 0 Å². The van der Waals surface area contributed by atoms with E-state index in [-0.39, 0.29) is 23.9 Å². The minimum absolute atomic E-state index is 0.0570. The second-order valence-corrected chi connectivity index (χ2v) is 7.77. The van der Waals surface area contributed by atoms with Crippen molar-refractivity contribution < 1.29 is 23.5 Å². The standard InChI is InChI=1S/C19H22FNO4S/c1-10-8-21(9-11(2)24-10)18(22)13(4)25-19(23)17-12(3)16-14(20)6-5-7-15(16)26-17/h5-7,10-11,13H,8-9H2,1-4H3. The first-order chi connectivity index (χ1) is 12.3. The lowest BCUT2D eigenvalue weighted by molar-refractivity contribution is -0.151. The molecule has 26 heavy (non-hydrogen) atoms. The highest BCUT2D eigenvalue weighted by Gasteiger charge is 2.31. The van der Waals surface area contributed by atoms with Gasteiger partial charge in [0.1, 0.15) is 10.7 Å². The van der Waals surface area contributed by atoms with E-state index in [1.54, 1.807) is 30.9 Å². The Labute approximate surface area is 155 Å². The summed E-state index contributed by atoms with van der Waals surface area (Å²) in [5, 5.41) is 0.430. The molecule has 0 saturated carbocycles. The molecule has 0 radical (unpaired) electrons. The van der Waals surface area contributed by atoms with Crippen LogP contribution in [-0.2, 0) is 14.3 Å². The number of nitrogens with zero attached hydrogens (tertiary/aromatic N) is 1. The molecule has 1 aliphatic rings. The molecule has 1 amide bonds. The normalized spacial score (nSPS) is 21.7. The third-order valence-corrected chi connectivity index (χ3v) is 5.69. The van der Waals surface area contributed by atoms with E-state index < -0.39 is 12.1 Å². The van der Waals surface area contributed by atoms with Gasteiger partial charge in [0.25, 0.3) is 5.91 Å². The van der Waals surface area contributed by atoms with Gasteiger partial charge in [-0.3, -0.25) is 4.79 Å². The van der Waals surface area contributed by atoms with Crippen molar-refractivity contribution in [2.75, 3.05) is 13.1 Å². The number of rotatable bonds is 3. The van der Waals surface area contributed by atoms with Gasteiger partial charge in [0.05, 0.1) is 12.2 Å². The third kappa shape index (κ3) is 3.59. The fraction of sp³-hybridized carbons (Fsp3) is 0.474. The highest BCUT2D eigenvalue weighted by molar-refractivity contribution is 7.21. The van der Waals surface area contributed by atoms with Crippen LogP contribution < -0.4 is 0 Å². The van der Waals surface area contributed by atoms with Gasteiger partial charge in [0.2, 0.25) is 0 Å². The first-order valence-corrected chi connectivity index (χ1v) is 9.42. The van der Waals surface area contributed by atoms with Crippen molar-refractivity contribution in [2.24, 2.45) is 0 Å². The van der Waals surface area contributed by atoms with E-state index in [1.165, 1.54) is 17.4 Å². The molecule has 0 bridgehead atoms. The van der Waals surface area contributed by atoms with Crippen molar-refractivity contribution in [1.82, 2.24) is 4.90 Å². The zero-order valence-electron chi connectivity index (χ0n) is 15.2. The van der Waals surface area contributed by atoms with Crippen LogP contribution >= 0.6 is 11.3 Å². The van der Waals surface area contributed by atoms with Gasteiger partial charge < -0.3 is 14.4 Å². The summed E-state index contributed by atoms with van der Waals surface area (Å²) in [6.45, 7) is 8.00. The van der Waals surface area contributed by atoms with E-state index in [1.807, 2.05) is 13.8 Å². The molecular weight excluding hydrogens is 357 g/mol. The summed E-state index contributed by atoms with van der Waals surface area (Å²) in [4.78, 5) is 27.1. The number of carbonyl (C=O) groups is 2. The Morgan fingerprint density at radius 2 is 1.96 bits per heavy atom. The molecule has 1 fully saturated rings. The maximum absolute atomic E-state index is 14.0. The lowest BCUT2D eigenvalue weighted by atomic mass is 10.1. The van der Waals surface area contributed by atoms with Crippen molar-refractivity contribution in [2.45, 2.75) is 46.0 Å². The molecule has 3 atom stereocenters. The number of thiophene rings is 1. The molecule has 7 heteroatoms. The van der Waals surface area contributed by atoms with E-state index in [0.29, 0.717) is 33.6 Å². The second-order valence-electron chi connectivity index (χ2n) is 6.72. The summed E-state index contributed by atoms with van der Waals surface area (Å²) in [5.74, 6) is -1.21. The number of aryl methyl sites for hydroxylation is 1. The number of fused-ring (bicyclic) bond motifs is 1. The highest BCUT2D eigenvalue weighted by atomic mass is 32.1. The summed E-state index contributed by atoms with van der Waals surface area (Å²) >= 11 is 1.18. The molecule has 2 aromatic rings. The fourth-order valence-corrected chi connectivity index (χ4v) is 4.43. The molecule has 3 rings (SSSR count). The largest absolute Gasteiger partial charge is 0.448 e. The van der Waals surface area contributed by atoms with E-state index >= 15 is 0 Å². The molecule has 5 nitrogen and oxygen atoms in total. The maximum atomic E-state index is 14.0. The predicted octanol–water partition coefficient (Wildman–Crippen LogP) is 3.53. The average Bonchev–Trinajstić information content (AvgIpc) is 2.91. The van der Waals surface area contributed by atoms with Crippen LogP contribution in [0.2, 0.25) is 0 Å². The Hall–Kier alpha value is -1.99. The van der Waals surface area contributed by atoms with E-state index in [4.69, 9.17) is 9.47 Å². The SMILES string of the molecule is Cc1c(C(=O)OC(C)C(=O)N2CC(C)OC(C)C2)sc2cccc(F)c12. The molecule has 0 N–H and O–H groups in total. The van der Waals surface area contributed by atoms with Gasteiger partial charge in [0.15, 0.2) is 6.10 Å². The number of ether oxygens (including phenoxy) is 2. The molecule has 140 valence electrons. The van der Waals surface area contributed by atoms with Gasteiger partial charge in [-0.2, -0.15) is 0 Å². The van der Waals surface area contributed by atoms with Crippen LogP contribution in [0, 0.1) is 12.7 Å². The average molecular weight is 379 g/mol. The van der Waals surface area contributed by atoms with Gasteiger partial charge in [0, 0.05) is 23.2 Å². The Bertz CT molecular complexity index is 839. The minimum Gasteiger partial charge on any atom is -0.448 e. The molecule has 1 aromatic carbocycles. The van der Waals surface area contributed by atoms with Gasteiger partial charge >= 0.3 is 5.97 Å². The predicted molar refractivity (Wildman–Crippen MR) is 98.0 cm³/mol. The van der Waals surface area contributed by atoms with Gasteiger partial charge in [-0.25, -0.2) is 9.18 Å². The Kier molecular flexibility index (Phi) is 5.29. The summed E-state index contributed by atoms with van der Waals surface area (Å²) in [5.41, 5.74) is 0.543. The molecule has 1 aliphatic heterocycles. The quantitative estimate of drug-likeness (QED) is 0.766. The summed E-state index contributed by atoms with van der Waals surface area (Å²) < 4.78 is 25.7. The topological polar surface area (TPSA) is 55.8 Å². The zero-order chi connectivity index (χ0) is 19.0. The van der Waals surface area contributed by atoms with Crippen LogP contribution in [0.15, 0.2) is 18.2 Å². The lowest BCUT2D eigenvalue weighted by Crippen LogP contribution is -2.51. The first kappa shape index (κ1) is 18.8. The third-order valence-electron chi connectivity index (χ3n) is 4.45. The van der Waals surface area contributed by atoms with Crippen molar-refractivity contribution >= 4 is 33.3 Å². The molecule has 0 spiro atoms. The van der Waals surface area contributed by atoms with Crippen LogP contribution in [0.4, 0.5) is 4.39 Å². The van der Waals surface area contributed by atoms with Crippen molar-refractivity contribution in [3.8, 4) is 0 Å². The number of hydrogen-bond donors (Lipinski definition) is 0. The Balaban J connectivity index is 1.74. The molecule has 3 unspecified atom stereocenters. The molecule has 1 aromatic heterocycles. The number of carbonyl (C=O) groups excluding carboxylic acids is 2. The van der Waals surface area contributed by atoms with E-state index in [0.717, 1.165) is 0 Å². The number of amides is 1. The monoisotopic (exact) mass is 379 g/mol. The van der Waals surface area contributed by atoms with E-state index in [9.17, 15) is 14.0 Å². The number of hydrogen-bond acceptors (Lipinski definition) is 5. The lowest BCUT2D eigenvalue weighted by Gasteiger charge is -2.36. The van der Waals surface area contributed by atoms with Crippen molar-refractivity contribution in [3.05, 3.63) is 34.5 Å². The molecular formula is C19H22FNO4S. The van der Waals surface area contributed by atoms with Crippen LogP contribution in [0.25, 0.3) is 10.1 Å². The molecule has 0 aliphatic carbocycles. The Morgan fingerprint density at radius 1 is 1.31 bits per heavy atom. The summed E-state index contributed by atoms with van der Waals surface area (Å²) in [6.07, 6.45) is -1.02. The van der Waals surface area contributed by atoms with Crippen LogP contribution in [-0.4, -0.2) is 48.2 Å². The minimum atomic E-state index is -0.908. The van der Waals surface area contributed by atoms with Gasteiger partial charge in [-0.05, 0) is 45.4 Å². The number of esters is 1.